The molecular formula is C30H62FeO10P2. The summed E-state index contributed by atoms with van der Waals surface area (Å²) in [5.74, 6) is 1.64. The number of hydrogen-bond acceptors (Lipinski definition) is 8. The maximum Gasteiger partial charge on any atom is 2.00 e. The van der Waals surface area contributed by atoms with Crippen LogP contribution in [-0.4, -0.2) is 60.1 Å². The normalized spacial score (nSPS) is 35.3. The molecule has 43 heavy (non-hydrogen) atoms. The van der Waals surface area contributed by atoms with Crippen LogP contribution in [0.1, 0.15) is 100 Å². The van der Waals surface area contributed by atoms with Crippen molar-refractivity contribution in [3.05, 3.63) is 14.9 Å². The molecule has 2 saturated heterocycles. The Morgan fingerprint density at radius 3 is 1.44 bits per heavy atom. The van der Waals surface area contributed by atoms with E-state index < -0.39 is 15.6 Å². The van der Waals surface area contributed by atoms with Gasteiger partial charge < -0.3 is 34.1 Å². The van der Waals surface area contributed by atoms with E-state index in [2.05, 4.69) is 13.8 Å². The van der Waals surface area contributed by atoms with E-state index in [1.54, 1.807) is 0 Å². The van der Waals surface area contributed by atoms with Gasteiger partial charge in [0.1, 0.15) is 6.10 Å². The van der Waals surface area contributed by atoms with E-state index in [1.165, 1.54) is 25.7 Å². The van der Waals surface area contributed by atoms with Crippen LogP contribution in [0.4, 0.5) is 0 Å². The van der Waals surface area contributed by atoms with Crippen molar-refractivity contribution in [2.24, 2.45) is 29.6 Å². The molecule has 4 aliphatic rings. The quantitative estimate of drug-likeness (QED) is 0.124. The largest absolute Gasteiger partial charge is 2.00 e. The van der Waals surface area contributed by atoms with Gasteiger partial charge in [0.25, 0.3) is 0 Å². The minimum absolute atomic E-state index is 0. The van der Waals surface area contributed by atoms with Crippen molar-refractivity contribution in [1.82, 2.24) is 0 Å². The van der Waals surface area contributed by atoms with Gasteiger partial charge in [-0.2, -0.15) is 0 Å². The predicted octanol–water partition coefficient (Wildman–Crippen LogP) is 8.03. The zero-order chi connectivity index (χ0) is 28.8. The van der Waals surface area contributed by atoms with Crippen LogP contribution in [0.2, 0.25) is 0 Å². The van der Waals surface area contributed by atoms with Gasteiger partial charge in [-0.3, -0.25) is 18.1 Å². The van der Waals surface area contributed by atoms with E-state index >= 15 is 0 Å². The van der Waals surface area contributed by atoms with Crippen molar-refractivity contribution in [1.29, 1.82) is 0 Å². The molecule has 10 atom stereocenters. The molecule has 0 aromatic heterocycles. The Morgan fingerprint density at radius 2 is 1.05 bits per heavy atom. The molecule has 2 aliphatic heterocycles. The SMILES string of the molecule is C.CC1C(C)[C@@H](COP(=O)(O)OCC2CCCC2)O[C@H]1C.CC1[C@H](C)O[C@H](C)[C@@H]1OP(=O)(O)OCC1CCCC1.[CH3-].[CH3-].[Fe+2]. The molecule has 2 saturated carbocycles. The third kappa shape index (κ3) is 14.5. The van der Waals surface area contributed by atoms with E-state index in [0.29, 0.717) is 36.9 Å². The summed E-state index contributed by atoms with van der Waals surface area (Å²) in [5, 5.41) is 0. The zero-order valence-corrected chi connectivity index (χ0v) is 29.9. The van der Waals surface area contributed by atoms with Gasteiger partial charge in [0.05, 0.1) is 44.2 Å². The summed E-state index contributed by atoms with van der Waals surface area (Å²) < 4.78 is 55.8. The van der Waals surface area contributed by atoms with Crippen LogP contribution in [0.15, 0.2) is 0 Å². The summed E-state index contributed by atoms with van der Waals surface area (Å²) in [5.41, 5.74) is 0. The average Bonchev–Trinajstić information content (AvgIpc) is 3.67. The van der Waals surface area contributed by atoms with Gasteiger partial charge in [-0.1, -0.05) is 53.9 Å². The Balaban J connectivity index is 0. The topological polar surface area (TPSA) is 130 Å². The van der Waals surface area contributed by atoms with Crippen molar-refractivity contribution < 1.29 is 63.6 Å². The summed E-state index contributed by atoms with van der Waals surface area (Å²) in [6.45, 7) is 12.8. The maximum atomic E-state index is 12.0. The minimum atomic E-state index is -3.98. The molecule has 4 fully saturated rings. The third-order valence-corrected chi connectivity index (χ3v) is 11.2. The molecule has 0 amide bonds. The fraction of sp³-hybridized carbons (Fsp3) is 0.933. The molecule has 13 heteroatoms. The molecule has 5 unspecified atom stereocenters. The Morgan fingerprint density at radius 1 is 0.628 bits per heavy atom. The van der Waals surface area contributed by atoms with Crippen LogP contribution in [0.25, 0.3) is 0 Å². The van der Waals surface area contributed by atoms with Crippen molar-refractivity contribution in [2.45, 2.75) is 131 Å². The Hall–Kier alpha value is 0.659. The Kier molecular flexibility index (Phi) is 22.1. The number of phosphoric ester groups is 2. The van der Waals surface area contributed by atoms with Crippen molar-refractivity contribution in [3.8, 4) is 0 Å². The molecule has 0 aromatic rings. The van der Waals surface area contributed by atoms with E-state index in [-0.39, 0.29) is 82.4 Å². The summed E-state index contributed by atoms with van der Waals surface area (Å²) in [6.07, 6.45) is 8.58. The first-order valence-electron chi connectivity index (χ1n) is 14.9. The van der Waals surface area contributed by atoms with Gasteiger partial charge in [-0.15, -0.1) is 0 Å². The molecule has 260 valence electrons. The summed E-state index contributed by atoms with van der Waals surface area (Å²) in [6, 6.07) is 0. The molecule has 4 rings (SSSR count). The summed E-state index contributed by atoms with van der Waals surface area (Å²) >= 11 is 0. The molecular weight excluding hydrogens is 638 g/mol. The summed E-state index contributed by atoms with van der Waals surface area (Å²) in [7, 11) is -7.92. The number of phosphoric acid groups is 2. The van der Waals surface area contributed by atoms with Crippen LogP contribution in [0, 0.1) is 44.4 Å². The maximum absolute atomic E-state index is 12.0. The predicted molar refractivity (Wildman–Crippen MR) is 168 cm³/mol. The second kappa shape index (κ2) is 20.8. The third-order valence-electron chi connectivity index (χ3n) is 9.25. The average molecular weight is 701 g/mol. The van der Waals surface area contributed by atoms with Crippen molar-refractivity contribution in [2.75, 3.05) is 19.8 Å². The number of hydrogen-bond donors (Lipinski definition) is 2. The molecule has 0 radical (unpaired) electrons. The molecule has 2 N–H and O–H groups in total. The monoisotopic (exact) mass is 700 g/mol. The second-order valence-electron chi connectivity index (χ2n) is 12.2. The fourth-order valence-corrected chi connectivity index (χ4v) is 7.98. The van der Waals surface area contributed by atoms with Gasteiger partial charge >= 0.3 is 32.7 Å². The van der Waals surface area contributed by atoms with E-state index in [9.17, 15) is 18.9 Å². The van der Waals surface area contributed by atoms with Gasteiger partial charge in [0.15, 0.2) is 0 Å². The number of rotatable bonds is 11. The summed E-state index contributed by atoms with van der Waals surface area (Å²) in [4.78, 5) is 19.5. The molecule has 0 spiro atoms. The first-order chi connectivity index (χ1) is 18.3. The van der Waals surface area contributed by atoms with E-state index in [1.807, 2.05) is 27.7 Å². The van der Waals surface area contributed by atoms with Crippen LogP contribution >= 0.6 is 15.6 Å². The van der Waals surface area contributed by atoms with Crippen LogP contribution in [-0.2, 0) is 53.8 Å². The Bertz CT molecular complexity index is 840. The fourth-order valence-electron chi connectivity index (χ4n) is 6.04. The second-order valence-corrected chi connectivity index (χ2v) is 15.1. The van der Waals surface area contributed by atoms with Gasteiger partial charge in [-0.05, 0) is 70.1 Å². The van der Waals surface area contributed by atoms with Crippen molar-refractivity contribution >= 4 is 15.6 Å². The Labute approximate surface area is 273 Å². The van der Waals surface area contributed by atoms with Crippen LogP contribution in [0.3, 0.4) is 0 Å². The van der Waals surface area contributed by atoms with Gasteiger partial charge in [0, 0.05) is 5.92 Å². The van der Waals surface area contributed by atoms with Gasteiger partial charge in [-0.25, -0.2) is 9.13 Å². The molecule has 10 nitrogen and oxygen atoms in total. The zero-order valence-electron chi connectivity index (χ0n) is 27.0. The van der Waals surface area contributed by atoms with E-state index in [0.717, 1.165) is 25.7 Å². The molecule has 2 heterocycles. The molecule has 2 aliphatic carbocycles. The van der Waals surface area contributed by atoms with Crippen molar-refractivity contribution in [3.63, 3.8) is 0 Å². The standard InChI is InChI=1S/C14H27O5P.C13H25O5P.CH4.2CH3.Fe/c1-10-11(2)14(19-12(10)3)9-18-20(15,16)17-8-13-6-4-5-7-13;1-9-10(2)17-11(3)13(9)18-19(14,15)16-8-12-6-4-5-7-12;;;;/h10-14H,4-9H2,1-3H3,(H,15,16);9-13H,4-8H2,1-3H3,(H,14,15);1H4;2*1H3;/q;;;2*-1;+2/t10?,11?,12-,14+;9?,10-,11+,13+;;;;/m00..../s1. The number of ether oxygens (including phenoxy) is 2. The first kappa shape index (κ1) is 45.8. The molecule has 0 bridgehead atoms. The smallest absolute Gasteiger partial charge is 0.372 e. The van der Waals surface area contributed by atoms with Crippen LogP contribution in [0.5, 0.6) is 0 Å². The van der Waals surface area contributed by atoms with E-state index in [4.69, 9.17) is 27.6 Å². The minimum Gasteiger partial charge on any atom is -0.372 e. The van der Waals surface area contributed by atoms with Gasteiger partial charge in [0.2, 0.25) is 0 Å². The molecule has 0 aromatic carbocycles. The van der Waals surface area contributed by atoms with Crippen LogP contribution < -0.4 is 0 Å². The first-order valence-corrected chi connectivity index (χ1v) is 17.9.